The minimum absolute atomic E-state index is 0.0434. The number of ether oxygens (including phenoxy) is 2. The molecule has 196 valence electrons. The summed E-state index contributed by atoms with van der Waals surface area (Å²) in [6.07, 6.45) is 1.72. The van der Waals surface area contributed by atoms with Gasteiger partial charge in [-0.2, -0.15) is 0 Å². The van der Waals surface area contributed by atoms with Crippen LogP contribution in [0.15, 0.2) is 72.9 Å². The topological polar surface area (TPSA) is 103 Å². The first-order chi connectivity index (χ1) is 18.2. The van der Waals surface area contributed by atoms with Crippen molar-refractivity contribution in [3.8, 4) is 34.2 Å². The van der Waals surface area contributed by atoms with Crippen molar-refractivity contribution >= 4 is 35.1 Å². The zero-order valence-electron chi connectivity index (χ0n) is 20.7. The number of rotatable bonds is 10. The minimum atomic E-state index is -0.980. The summed E-state index contributed by atoms with van der Waals surface area (Å²) >= 11 is 12.4. The molecule has 38 heavy (non-hydrogen) atoms. The molecule has 3 aromatic carbocycles. The Bertz CT molecular complexity index is 1410. The SMILES string of the molecule is CC(C)Oc1ccc(-c2cn(-c3cc(Cl)cc(Cl)c3)nc2Oc2ccc(C(=O)NCCC(=O)O)cc2)cc1. The fourth-order valence-corrected chi connectivity index (χ4v) is 4.11. The van der Waals surface area contributed by atoms with E-state index in [1.54, 1.807) is 47.1 Å². The van der Waals surface area contributed by atoms with E-state index >= 15 is 0 Å². The molecule has 0 unspecified atom stereocenters. The first-order valence-electron chi connectivity index (χ1n) is 11.8. The Balaban J connectivity index is 1.62. The van der Waals surface area contributed by atoms with Crippen molar-refractivity contribution in [2.24, 2.45) is 0 Å². The van der Waals surface area contributed by atoms with Crippen LogP contribution >= 0.6 is 23.2 Å². The van der Waals surface area contributed by atoms with E-state index in [4.69, 9.17) is 37.8 Å². The van der Waals surface area contributed by atoms with E-state index < -0.39 is 5.97 Å². The lowest BCUT2D eigenvalue weighted by Crippen LogP contribution is -2.25. The van der Waals surface area contributed by atoms with Crippen LogP contribution in [0.5, 0.6) is 17.4 Å². The van der Waals surface area contributed by atoms with Gasteiger partial charge < -0.3 is 19.9 Å². The van der Waals surface area contributed by atoms with Crippen LogP contribution < -0.4 is 14.8 Å². The number of hydrogen-bond acceptors (Lipinski definition) is 5. The number of carboxylic acids is 1. The lowest BCUT2D eigenvalue weighted by Gasteiger charge is -2.10. The molecule has 0 saturated heterocycles. The van der Waals surface area contributed by atoms with Crippen molar-refractivity contribution in [3.63, 3.8) is 0 Å². The van der Waals surface area contributed by atoms with E-state index in [0.29, 0.717) is 38.5 Å². The number of benzene rings is 3. The zero-order valence-corrected chi connectivity index (χ0v) is 22.2. The largest absolute Gasteiger partial charge is 0.491 e. The molecule has 1 heterocycles. The summed E-state index contributed by atoms with van der Waals surface area (Å²) in [5.74, 6) is 0.188. The molecule has 2 N–H and O–H groups in total. The summed E-state index contributed by atoms with van der Waals surface area (Å²) in [5.41, 5.74) is 2.60. The smallest absolute Gasteiger partial charge is 0.305 e. The van der Waals surface area contributed by atoms with Crippen molar-refractivity contribution in [2.45, 2.75) is 26.4 Å². The van der Waals surface area contributed by atoms with Crippen LogP contribution in [0, 0.1) is 0 Å². The first-order valence-corrected chi connectivity index (χ1v) is 12.5. The van der Waals surface area contributed by atoms with Gasteiger partial charge in [-0.05, 0) is 74.0 Å². The molecule has 10 heteroatoms. The number of aromatic nitrogens is 2. The molecule has 8 nitrogen and oxygen atoms in total. The van der Waals surface area contributed by atoms with E-state index in [0.717, 1.165) is 11.3 Å². The molecule has 0 atom stereocenters. The van der Waals surface area contributed by atoms with E-state index in [2.05, 4.69) is 10.4 Å². The molecule has 0 aliphatic heterocycles. The fourth-order valence-electron chi connectivity index (χ4n) is 3.59. The van der Waals surface area contributed by atoms with Gasteiger partial charge in [-0.3, -0.25) is 9.59 Å². The maximum Gasteiger partial charge on any atom is 0.305 e. The second kappa shape index (κ2) is 12.0. The summed E-state index contributed by atoms with van der Waals surface area (Å²) in [6.45, 7) is 3.97. The third-order valence-corrected chi connectivity index (χ3v) is 5.72. The van der Waals surface area contributed by atoms with Crippen molar-refractivity contribution in [2.75, 3.05) is 6.54 Å². The third-order valence-electron chi connectivity index (χ3n) is 5.28. The molecule has 1 amide bonds. The predicted octanol–water partition coefficient (Wildman–Crippen LogP) is 6.63. The van der Waals surface area contributed by atoms with E-state index in [1.165, 1.54) is 0 Å². The highest BCUT2D eigenvalue weighted by Crippen LogP contribution is 2.35. The summed E-state index contributed by atoms with van der Waals surface area (Å²) in [4.78, 5) is 22.9. The molecule has 0 aliphatic rings. The Morgan fingerprint density at radius 2 is 1.61 bits per heavy atom. The highest BCUT2D eigenvalue weighted by atomic mass is 35.5. The lowest BCUT2D eigenvalue weighted by molar-refractivity contribution is -0.136. The number of halogens is 2. The molecule has 4 aromatic rings. The number of aliphatic carboxylic acids is 1. The Hall–Kier alpha value is -4.01. The Morgan fingerprint density at radius 3 is 2.21 bits per heavy atom. The molecule has 0 spiro atoms. The van der Waals surface area contributed by atoms with E-state index in [-0.39, 0.29) is 25.0 Å². The Morgan fingerprint density at radius 1 is 0.974 bits per heavy atom. The molecule has 0 saturated carbocycles. The molecule has 0 radical (unpaired) electrons. The number of hydrogen-bond donors (Lipinski definition) is 2. The van der Waals surface area contributed by atoms with Crippen molar-refractivity contribution in [3.05, 3.63) is 88.5 Å². The average Bonchev–Trinajstić information content (AvgIpc) is 3.27. The van der Waals surface area contributed by atoms with Gasteiger partial charge in [0.25, 0.3) is 5.91 Å². The molecular weight excluding hydrogens is 529 g/mol. The van der Waals surface area contributed by atoms with Crippen LogP contribution in [0.25, 0.3) is 16.8 Å². The normalized spacial score (nSPS) is 10.9. The van der Waals surface area contributed by atoms with Gasteiger partial charge in [0.15, 0.2) is 0 Å². The van der Waals surface area contributed by atoms with Crippen LogP contribution in [0.2, 0.25) is 10.0 Å². The minimum Gasteiger partial charge on any atom is -0.491 e. The van der Waals surface area contributed by atoms with E-state index in [1.807, 2.05) is 44.3 Å². The van der Waals surface area contributed by atoms with Crippen molar-refractivity contribution in [1.82, 2.24) is 15.1 Å². The summed E-state index contributed by atoms with van der Waals surface area (Å²) in [5, 5.41) is 16.9. The Kier molecular flexibility index (Phi) is 8.55. The molecule has 0 bridgehead atoms. The monoisotopic (exact) mass is 553 g/mol. The number of carbonyl (C=O) groups excluding carboxylic acids is 1. The quantitative estimate of drug-likeness (QED) is 0.228. The van der Waals surface area contributed by atoms with Crippen LogP contribution in [-0.4, -0.2) is 39.4 Å². The van der Waals surface area contributed by atoms with Gasteiger partial charge in [-0.15, -0.1) is 5.10 Å². The maximum absolute atomic E-state index is 12.3. The van der Waals surface area contributed by atoms with Gasteiger partial charge in [-0.25, -0.2) is 4.68 Å². The highest BCUT2D eigenvalue weighted by Gasteiger charge is 2.16. The second-order valence-corrected chi connectivity index (χ2v) is 9.51. The third kappa shape index (κ3) is 7.06. The fraction of sp³-hybridized carbons (Fsp3) is 0.179. The van der Waals surface area contributed by atoms with Gasteiger partial charge in [0.2, 0.25) is 5.88 Å². The number of nitrogens with zero attached hydrogens (tertiary/aromatic N) is 2. The van der Waals surface area contributed by atoms with Crippen LogP contribution in [0.1, 0.15) is 30.6 Å². The standard InChI is InChI=1S/C28H25Cl2N3O5/c1-17(2)37-23-7-3-18(4-8-23)25-16-33(22-14-20(29)13-21(30)15-22)32-28(25)38-24-9-5-19(6-10-24)27(36)31-12-11-26(34)35/h3-10,13-17H,11-12H2,1-2H3,(H,31,36)(H,34,35). The lowest BCUT2D eigenvalue weighted by atomic mass is 10.1. The van der Waals surface area contributed by atoms with Gasteiger partial charge in [0.05, 0.1) is 23.8 Å². The summed E-state index contributed by atoms with van der Waals surface area (Å²) in [6, 6.07) is 19.2. The number of nitrogens with one attached hydrogen (secondary N) is 1. The number of amides is 1. The zero-order chi connectivity index (χ0) is 27.2. The molecule has 4 rings (SSSR count). The Labute approximate surface area is 229 Å². The van der Waals surface area contributed by atoms with Gasteiger partial charge in [-0.1, -0.05) is 35.3 Å². The molecular formula is C28H25Cl2N3O5. The van der Waals surface area contributed by atoms with Crippen LogP contribution in [-0.2, 0) is 4.79 Å². The summed E-state index contributed by atoms with van der Waals surface area (Å²) < 4.78 is 13.5. The van der Waals surface area contributed by atoms with Crippen LogP contribution in [0.3, 0.4) is 0 Å². The van der Waals surface area contributed by atoms with Crippen molar-refractivity contribution < 1.29 is 24.2 Å². The van der Waals surface area contributed by atoms with E-state index in [9.17, 15) is 9.59 Å². The first kappa shape index (κ1) is 27.0. The van der Waals surface area contributed by atoms with Gasteiger partial charge in [0.1, 0.15) is 11.5 Å². The van der Waals surface area contributed by atoms with Crippen molar-refractivity contribution in [1.29, 1.82) is 0 Å². The number of carboxylic acid groups (broad SMARTS) is 1. The molecule has 0 aliphatic carbocycles. The predicted molar refractivity (Wildman–Crippen MR) is 146 cm³/mol. The highest BCUT2D eigenvalue weighted by molar-refractivity contribution is 6.34. The van der Waals surface area contributed by atoms with Gasteiger partial charge in [0, 0.05) is 28.4 Å². The summed E-state index contributed by atoms with van der Waals surface area (Å²) in [7, 11) is 0. The second-order valence-electron chi connectivity index (χ2n) is 8.64. The van der Waals surface area contributed by atoms with Crippen LogP contribution in [0.4, 0.5) is 0 Å². The van der Waals surface area contributed by atoms with Gasteiger partial charge >= 0.3 is 5.97 Å². The maximum atomic E-state index is 12.3. The molecule has 0 fully saturated rings. The number of carbonyl (C=O) groups is 2. The molecule has 1 aromatic heterocycles. The average molecular weight is 554 g/mol.